The standard InChI is InChI=1S/C21H26N2O2/c1-4-14-23(15-5-2)21(25)18-12-10-17(11-13-18)20(24)22-19-9-7-6-8-16(19)3/h6-13H,4-5,14-15H2,1-3H3,(H,22,24). The van der Waals surface area contributed by atoms with Gasteiger partial charge in [0.25, 0.3) is 11.8 Å². The molecule has 132 valence electrons. The molecule has 0 unspecified atom stereocenters. The topological polar surface area (TPSA) is 49.4 Å². The Bertz CT molecular complexity index is 717. The molecule has 0 radical (unpaired) electrons. The van der Waals surface area contributed by atoms with E-state index in [1.165, 1.54) is 0 Å². The molecule has 0 saturated heterocycles. The highest BCUT2D eigenvalue weighted by molar-refractivity contribution is 6.05. The summed E-state index contributed by atoms with van der Waals surface area (Å²) in [6, 6.07) is 14.5. The fourth-order valence-corrected chi connectivity index (χ4v) is 2.71. The Labute approximate surface area is 149 Å². The van der Waals surface area contributed by atoms with Crippen molar-refractivity contribution in [2.45, 2.75) is 33.6 Å². The zero-order chi connectivity index (χ0) is 18.2. The molecule has 0 aliphatic rings. The number of nitrogens with zero attached hydrogens (tertiary/aromatic N) is 1. The lowest BCUT2D eigenvalue weighted by atomic mass is 10.1. The molecular formula is C21H26N2O2. The molecule has 1 N–H and O–H groups in total. The van der Waals surface area contributed by atoms with Crippen LogP contribution in [0.25, 0.3) is 0 Å². The minimum absolute atomic E-state index is 0.0227. The van der Waals surface area contributed by atoms with E-state index in [0.717, 1.165) is 37.2 Å². The number of amides is 2. The van der Waals surface area contributed by atoms with Crippen LogP contribution in [-0.2, 0) is 0 Å². The molecule has 0 spiro atoms. The number of hydrogen-bond acceptors (Lipinski definition) is 2. The lowest BCUT2D eigenvalue weighted by Gasteiger charge is -2.21. The summed E-state index contributed by atoms with van der Waals surface area (Å²) in [7, 11) is 0. The first-order chi connectivity index (χ1) is 12.1. The SMILES string of the molecule is CCCN(CCC)C(=O)c1ccc(C(=O)Nc2ccccc2C)cc1. The Morgan fingerprint density at radius 2 is 1.44 bits per heavy atom. The zero-order valence-corrected chi connectivity index (χ0v) is 15.2. The summed E-state index contributed by atoms with van der Waals surface area (Å²) < 4.78 is 0. The van der Waals surface area contributed by atoms with Crippen molar-refractivity contribution in [3.8, 4) is 0 Å². The minimum Gasteiger partial charge on any atom is -0.339 e. The van der Waals surface area contributed by atoms with Gasteiger partial charge in [0, 0.05) is 29.9 Å². The van der Waals surface area contributed by atoms with Crippen LogP contribution in [0.3, 0.4) is 0 Å². The lowest BCUT2D eigenvalue weighted by Crippen LogP contribution is -2.32. The highest BCUT2D eigenvalue weighted by atomic mass is 16.2. The normalized spacial score (nSPS) is 10.4. The molecular weight excluding hydrogens is 312 g/mol. The van der Waals surface area contributed by atoms with E-state index in [4.69, 9.17) is 0 Å². The molecule has 0 fully saturated rings. The van der Waals surface area contributed by atoms with Crippen molar-refractivity contribution >= 4 is 17.5 Å². The maximum absolute atomic E-state index is 12.6. The van der Waals surface area contributed by atoms with Gasteiger partial charge in [0.1, 0.15) is 0 Å². The molecule has 2 amide bonds. The summed E-state index contributed by atoms with van der Waals surface area (Å²) in [6.45, 7) is 7.59. The van der Waals surface area contributed by atoms with E-state index in [0.29, 0.717) is 11.1 Å². The lowest BCUT2D eigenvalue weighted by molar-refractivity contribution is 0.0755. The summed E-state index contributed by atoms with van der Waals surface area (Å²) in [5.41, 5.74) is 2.97. The van der Waals surface area contributed by atoms with Crippen molar-refractivity contribution in [1.29, 1.82) is 0 Å². The van der Waals surface area contributed by atoms with Crippen molar-refractivity contribution in [2.75, 3.05) is 18.4 Å². The number of nitrogens with one attached hydrogen (secondary N) is 1. The Morgan fingerprint density at radius 3 is 2.00 bits per heavy atom. The van der Waals surface area contributed by atoms with Gasteiger partial charge in [0.05, 0.1) is 0 Å². The first-order valence-corrected chi connectivity index (χ1v) is 8.83. The maximum Gasteiger partial charge on any atom is 0.255 e. The Kier molecular flexibility index (Phi) is 6.75. The van der Waals surface area contributed by atoms with Crippen LogP contribution in [0, 0.1) is 6.92 Å². The van der Waals surface area contributed by atoms with Gasteiger partial charge in [-0.05, 0) is 55.7 Å². The number of anilines is 1. The van der Waals surface area contributed by atoms with E-state index < -0.39 is 0 Å². The number of benzene rings is 2. The molecule has 0 bridgehead atoms. The van der Waals surface area contributed by atoms with Crippen molar-refractivity contribution in [3.05, 3.63) is 65.2 Å². The maximum atomic E-state index is 12.6. The van der Waals surface area contributed by atoms with Gasteiger partial charge in [0.2, 0.25) is 0 Å². The van der Waals surface area contributed by atoms with Gasteiger partial charge in [0.15, 0.2) is 0 Å². The molecule has 2 rings (SSSR count). The van der Waals surface area contributed by atoms with E-state index in [1.807, 2.05) is 36.1 Å². The third kappa shape index (κ3) is 4.92. The predicted molar refractivity (Wildman–Crippen MR) is 102 cm³/mol. The minimum atomic E-state index is -0.174. The van der Waals surface area contributed by atoms with E-state index in [2.05, 4.69) is 19.2 Å². The van der Waals surface area contributed by atoms with Crippen LogP contribution < -0.4 is 5.32 Å². The third-order valence-electron chi connectivity index (χ3n) is 4.06. The second kappa shape index (κ2) is 9.02. The molecule has 4 nitrogen and oxygen atoms in total. The van der Waals surface area contributed by atoms with Gasteiger partial charge in [-0.2, -0.15) is 0 Å². The second-order valence-corrected chi connectivity index (χ2v) is 6.14. The van der Waals surface area contributed by atoms with Crippen LogP contribution in [0.1, 0.15) is 53.0 Å². The summed E-state index contributed by atoms with van der Waals surface area (Å²) in [4.78, 5) is 26.8. The number of carbonyl (C=O) groups excluding carboxylic acids is 2. The van der Waals surface area contributed by atoms with Gasteiger partial charge in [-0.25, -0.2) is 0 Å². The third-order valence-corrected chi connectivity index (χ3v) is 4.06. The molecule has 4 heteroatoms. The van der Waals surface area contributed by atoms with Gasteiger partial charge >= 0.3 is 0 Å². The van der Waals surface area contributed by atoms with E-state index >= 15 is 0 Å². The first kappa shape index (κ1) is 18.7. The molecule has 2 aromatic carbocycles. The summed E-state index contributed by atoms with van der Waals surface area (Å²) in [5, 5.41) is 2.90. The highest BCUT2D eigenvalue weighted by Crippen LogP contribution is 2.15. The zero-order valence-electron chi connectivity index (χ0n) is 15.2. The molecule has 25 heavy (non-hydrogen) atoms. The van der Waals surface area contributed by atoms with Crippen molar-refractivity contribution in [1.82, 2.24) is 4.90 Å². The Hall–Kier alpha value is -2.62. The molecule has 2 aromatic rings. The number of para-hydroxylation sites is 1. The Morgan fingerprint density at radius 1 is 0.880 bits per heavy atom. The summed E-state index contributed by atoms with van der Waals surface area (Å²) in [5.74, 6) is -0.151. The average molecular weight is 338 g/mol. The first-order valence-electron chi connectivity index (χ1n) is 8.83. The molecule has 0 atom stereocenters. The van der Waals surface area contributed by atoms with E-state index in [9.17, 15) is 9.59 Å². The molecule has 0 aliphatic carbocycles. The molecule has 0 heterocycles. The van der Waals surface area contributed by atoms with Crippen LogP contribution in [0.2, 0.25) is 0 Å². The fraction of sp³-hybridized carbons (Fsp3) is 0.333. The van der Waals surface area contributed by atoms with Crippen LogP contribution in [0.15, 0.2) is 48.5 Å². The summed E-state index contributed by atoms with van der Waals surface area (Å²) >= 11 is 0. The molecule has 0 saturated carbocycles. The van der Waals surface area contributed by atoms with Gasteiger partial charge in [-0.3, -0.25) is 9.59 Å². The fourth-order valence-electron chi connectivity index (χ4n) is 2.71. The van der Waals surface area contributed by atoms with Crippen LogP contribution in [0.5, 0.6) is 0 Å². The second-order valence-electron chi connectivity index (χ2n) is 6.14. The number of hydrogen-bond donors (Lipinski definition) is 1. The van der Waals surface area contributed by atoms with Crippen LogP contribution in [0.4, 0.5) is 5.69 Å². The predicted octanol–water partition coefficient (Wildman–Crippen LogP) is 4.51. The molecule has 0 aliphatic heterocycles. The van der Waals surface area contributed by atoms with E-state index in [-0.39, 0.29) is 11.8 Å². The van der Waals surface area contributed by atoms with E-state index in [1.54, 1.807) is 24.3 Å². The van der Waals surface area contributed by atoms with Crippen molar-refractivity contribution in [2.24, 2.45) is 0 Å². The van der Waals surface area contributed by atoms with Crippen LogP contribution >= 0.6 is 0 Å². The average Bonchev–Trinajstić information content (AvgIpc) is 2.63. The number of rotatable bonds is 7. The van der Waals surface area contributed by atoms with Gasteiger partial charge < -0.3 is 10.2 Å². The Balaban J connectivity index is 2.09. The smallest absolute Gasteiger partial charge is 0.255 e. The van der Waals surface area contributed by atoms with Crippen molar-refractivity contribution in [3.63, 3.8) is 0 Å². The number of carbonyl (C=O) groups is 2. The monoisotopic (exact) mass is 338 g/mol. The van der Waals surface area contributed by atoms with Crippen molar-refractivity contribution < 1.29 is 9.59 Å². The largest absolute Gasteiger partial charge is 0.339 e. The molecule has 0 aromatic heterocycles. The summed E-state index contributed by atoms with van der Waals surface area (Å²) in [6.07, 6.45) is 1.87. The highest BCUT2D eigenvalue weighted by Gasteiger charge is 2.15. The number of aryl methyl sites for hydroxylation is 1. The quantitative estimate of drug-likeness (QED) is 0.807. The van der Waals surface area contributed by atoms with Crippen LogP contribution in [-0.4, -0.2) is 29.8 Å². The van der Waals surface area contributed by atoms with Gasteiger partial charge in [-0.1, -0.05) is 32.0 Å². The van der Waals surface area contributed by atoms with Gasteiger partial charge in [-0.15, -0.1) is 0 Å².